The fourth-order valence-corrected chi connectivity index (χ4v) is 3.54. The van der Waals surface area contributed by atoms with Crippen LogP contribution in [0.3, 0.4) is 0 Å². The minimum Gasteiger partial charge on any atom is -0.354 e. The van der Waals surface area contributed by atoms with E-state index in [1.54, 1.807) is 17.0 Å². The molecular formula is C11H13F2N5O2S. The van der Waals surface area contributed by atoms with Gasteiger partial charge in [0.25, 0.3) is 6.43 Å². The summed E-state index contributed by atoms with van der Waals surface area (Å²) in [6.07, 6.45) is -2.28. The molecule has 0 saturated carbocycles. The lowest BCUT2D eigenvalue weighted by atomic mass is 10.4. The molecular weight excluding hydrogens is 304 g/mol. The van der Waals surface area contributed by atoms with Crippen LogP contribution in [-0.4, -0.2) is 52.8 Å². The van der Waals surface area contributed by atoms with Crippen LogP contribution in [0.2, 0.25) is 0 Å². The van der Waals surface area contributed by atoms with Crippen molar-refractivity contribution in [3.8, 4) is 0 Å². The van der Waals surface area contributed by atoms with Crippen LogP contribution in [-0.2, 0) is 9.84 Å². The summed E-state index contributed by atoms with van der Waals surface area (Å²) in [5, 5.41) is 11.1. The molecule has 1 saturated heterocycles. The molecule has 3 rings (SSSR count). The third-order valence-corrected chi connectivity index (χ3v) is 5.06. The summed E-state index contributed by atoms with van der Waals surface area (Å²) in [5.74, 6) is 0.104. The summed E-state index contributed by atoms with van der Waals surface area (Å²) < 4.78 is 49.8. The highest BCUT2D eigenvalue weighted by atomic mass is 32.2. The lowest BCUT2D eigenvalue weighted by Crippen LogP contribution is -2.28. The van der Waals surface area contributed by atoms with Crippen LogP contribution in [0.4, 0.5) is 14.6 Å². The van der Waals surface area contributed by atoms with Crippen LogP contribution in [0.25, 0.3) is 5.65 Å². The Morgan fingerprint density at radius 1 is 1.14 bits per heavy atom. The van der Waals surface area contributed by atoms with E-state index in [9.17, 15) is 17.2 Å². The first-order chi connectivity index (χ1) is 9.96. The zero-order valence-corrected chi connectivity index (χ0v) is 11.8. The van der Waals surface area contributed by atoms with Crippen molar-refractivity contribution in [3.63, 3.8) is 0 Å². The number of fused-ring (bicyclic) bond motifs is 1. The number of rotatable bonds is 2. The van der Waals surface area contributed by atoms with E-state index in [-0.39, 0.29) is 17.2 Å². The molecule has 0 spiro atoms. The number of hydrogen-bond acceptors (Lipinski definition) is 6. The second kappa shape index (κ2) is 5.17. The van der Waals surface area contributed by atoms with Gasteiger partial charge in [-0.1, -0.05) is 0 Å². The van der Waals surface area contributed by atoms with E-state index in [1.807, 2.05) is 0 Å². The van der Waals surface area contributed by atoms with E-state index in [0.29, 0.717) is 25.3 Å². The largest absolute Gasteiger partial charge is 0.354 e. The smallest absolute Gasteiger partial charge is 0.299 e. The maximum Gasteiger partial charge on any atom is 0.299 e. The molecule has 7 nitrogen and oxygen atoms in total. The average molecular weight is 317 g/mol. The standard InChI is InChI=1S/C11H13F2N5O2S/c12-10(13)11-15-14-8-2-3-9(16-18(8)11)17-4-1-6-21(19,20)7-5-17/h2-3,10H,1,4-7H2. The summed E-state index contributed by atoms with van der Waals surface area (Å²) in [7, 11) is -3.03. The van der Waals surface area contributed by atoms with Crippen molar-refractivity contribution in [1.82, 2.24) is 19.8 Å². The molecule has 2 aromatic heterocycles. The molecule has 0 atom stereocenters. The van der Waals surface area contributed by atoms with Crippen LogP contribution in [0.5, 0.6) is 0 Å². The molecule has 0 unspecified atom stereocenters. The Labute approximate surface area is 119 Å². The molecule has 0 N–H and O–H groups in total. The lowest BCUT2D eigenvalue weighted by Gasteiger charge is -2.20. The highest BCUT2D eigenvalue weighted by molar-refractivity contribution is 7.91. The third kappa shape index (κ3) is 2.80. The zero-order valence-electron chi connectivity index (χ0n) is 11.0. The molecule has 21 heavy (non-hydrogen) atoms. The lowest BCUT2D eigenvalue weighted by molar-refractivity contribution is 0.137. The maximum atomic E-state index is 12.8. The second-order valence-corrected chi connectivity index (χ2v) is 7.12. The Morgan fingerprint density at radius 2 is 1.95 bits per heavy atom. The quantitative estimate of drug-likeness (QED) is 0.810. The van der Waals surface area contributed by atoms with E-state index >= 15 is 0 Å². The van der Waals surface area contributed by atoms with E-state index in [4.69, 9.17) is 0 Å². The fraction of sp³-hybridized carbons (Fsp3) is 0.545. The van der Waals surface area contributed by atoms with E-state index < -0.39 is 22.1 Å². The van der Waals surface area contributed by atoms with E-state index in [2.05, 4.69) is 15.3 Å². The molecule has 0 radical (unpaired) electrons. The van der Waals surface area contributed by atoms with Crippen molar-refractivity contribution in [2.75, 3.05) is 29.5 Å². The third-order valence-electron chi connectivity index (χ3n) is 3.35. The number of alkyl halides is 2. The fourth-order valence-electron chi connectivity index (χ4n) is 2.27. The zero-order chi connectivity index (χ0) is 15.0. The van der Waals surface area contributed by atoms with Gasteiger partial charge in [-0.25, -0.2) is 17.2 Å². The van der Waals surface area contributed by atoms with Crippen LogP contribution < -0.4 is 4.90 Å². The van der Waals surface area contributed by atoms with Crippen LogP contribution in [0.15, 0.2) is 12.1 Å². The van der Waals surface area contributed by atoms with Gasteiger partial charge < -0.3 is 4.90 Å². The van der Waals surface area contributed by atoms with Gasteiger partial charge in [0, 0.05) is 13.1 Å². The Balaban J connectivity index is 1.95. The van der Waals surface area contributed by atoms with Crippen molar-refractivity contribution in [3.05, 3.63) is 18.0 Å². The minimum absolute atomic E-state index is 0.0383. The highest BCUT2D eigenvalue weighted by Crippen LogP contribution is 2.20. The van der Waals surface area contributed by atoms with Gasteiger partial charge in [-0.3, -0.25) is 0 Å². The van der Waals surface area contributed by atoms with Gasteiger partial charge in [-0.05, 0) is 18.6 Å². The van der Waals surface area contributed by atoms with Gasteiger partial charge in [-0.15, -0.1) is 15.3 Å². The molecule has 0 bridgehead atoms. The second-order valence-electron chi connectivity index (χ2n) is 4.81. The van der Waals surface area contributed by atoms with Crippen LogP contribution >= 0.6 is 0 Å². The Hall–Kier alpha value is -1.84. The normalized spacial score (nSPS) is 19.1. The Morgan fingerprint density at radius 3 is 2.71 bits per heavy atom. The molecule has 10 heteroatoms. The van der Waals surface area contributed by atoms with Gasteiger partial charge in [-0.2, -0.15) is 4.52 Å². The van der Waals surface area contributed by atoms with Crippen molar-refractivity contribution in [2.45, 2.75) is 12.8 Å². The summed E-state index contributed by atoms with van der Waals surface area (Å²) in [6.45, 7) is 0.816. The van der Waals surface area contributed by atoms with Crippen molar-refractivity contribution >= 4 is 21.3 Å². The predicted octanol–water partition coefficient (Wildman–Crippen LogP) is 0.687. The molecule has 1 aliphatic heterocycles. The summed E-state index contributed by atoms with van der Waals surface area (Å²) >= 11 is 0. The first-order valence-corrected chi connectivity index (χ1v) is 8.24. The maximum absolute atomic E-state index is 12.8. The number of anilines is 1. The topological polar surface area (TPSA) is 80.5 Å². The molecule has 1 fully saturated rings. The molecule has 1 aliphatic rings. The number of nitrogens with zero attached hydrogens (tertiary/aromatic N) is 5. The van der Waals surface area contributed by atoms with Crippen LogP contribution in [0.1, 0.15) is 18.7 Å². The Bertz CT molecular complexity index is 761. The predicted molar refractivity (Wildman–Crippen MR) is 71.2 cm³/mol. The molecule has 2 aromatic rings. The van der Waals surface area contributed by atoms with Crippen molar-refractivity contribution in [1.29, 1.82) is 0 Å². The molecule has 0 amide bonds. The van der Waals surface area contributed by atoms with Gasteiger partial charge in [0.2, 0.25) is 5.82 Å². The monoisotopic (exact) mass is 317 g/mol. The SMILES string of the molecule is O=S1(=O)CCCN(c2ccc3nnc(C(F)F)n3n2)CC1. The van der Waals surface area contributed by atoms with Crippen molar-refractivity contribution < 1.29 is 17.2 Å². The van der Waals surface area contributed by atoms with Gasteiger partial charge in [0.05, 0.1) is 11.5 Å². The van der Waals surface area contributed by atoms with E-state index in [0.717, 1.165) is 4.52 Å². The van der Waals surface area contributed by atoms with Gasteiger partial charge in [0.15, 0.2) is 15.5 Å². The number of aromatic nitrogens is 4. The van der Waals surface area contributed by atoms with Crippen LogP contribution in [0, 0.1) is 0 Å². The van der Waals surface area contributed by atoms with Gasteiger partial charge >= 0.3 is 0 Å². The summed E-state index contributed by atoms with van der Waals surface area (Å²) in [6, 6.07) is 3.18. The Kier molecular flexibility index (Phi) is 3.47. The molecule has 0 aromatic carbocycles. The molecule has 0 aliphatic carbocycles. The summed E-state index contributed by atoms with van der Waals surface area (Å²) in [4.78, 5) is 1.78. The van der Waals surface area contributed by atoms with Gasteiger partial charge in [0.1, 0.15) is 5.82 Å². The highest BCUT2D eigenvalue weighted by Gasteiger charge is 2.22. The van der Waals surface area contributed by atoms with E-state index in [1.165, 1.54) is 0 Å². The molecule has 114 valence electrons. The summed E-state index contributed by atoms with van der Waals surface area (Å²) in [5.41, 5.74) is 0.233. The molecule has 3 heterocycles. The van der Waals surface area contributed by atoms with Crippen molar-refractivity contribution in [2.24, 2.45) is 0 Å². The minimum atomic E-state index is -3.03. The first-order valence-electron chi connectivity index (χ1n) is 6.42. The number of sulfone groups is 1. The average Bonchev–Trinajstić information content (AvgIpc) is 2.76. The number of halogens is 2. The first kappa shape index (κ1) is 14.1. The number of hydrogen-bond donors (Lipinski definition) is 0.